The molecule has 0 N–H and O–H groups in total. The molecule has 0 spiro atoms. The van der Waals surface area contributed by atoms with E-state index in [9.17, 15) is 9.18 Å². The van der Waals surface area contributed by atoms with Gasteiger partial charge in [-0.25, -0.2) is 4.39 Å². The van der Waals surface area contributed by atoms with Crippen molar-refractivity contribution in [1.29, 1.82) is 0 Å². The molecule has 1 aliphatic rings. The number of hydrogen-bond acceptors (Lipinski definition) is 3. The van der Waals surface area contributed by atoms with Crippen molar-refractivity contribution in [1.82, 2.24) is 5.16 Å². The fourth-order valence-electron chi connectivity index (χ4n) is 2.19. The van der Waals surface area contributed by atoms with Gasteiger partial charge in [0.1, 0.15) is 23.6 Å². The molecule has 19 heavy (non-hydrogen) atoms. The highest BCUT2D eigenvalue weighted by molar-refractivity contribution is 6.33. The summed E-state index contributed by atoms with van der Waals surface area (Å²) in [6.07, 6.45) is 2.98. The van der Waals surface area contributed by atoms with Crippen LogP contribution < -0.4 is 0 Å². The molecular weight excluding hydrogens is 269 g/mol. The predicted octanol–water partition coefficient (Wildman–Crippen LogP) is 3.75. The lowest BCUT2D eigenvalue weighted by atomic mass is 10.0. The first kappa shape index (κ1) is 12.4. The van der Waals surface area contributed by atoms with Gasteiger partial charge in [0.2, 0.25) is 0 Å². The number of benzene rings is 1. The van der Waals surface area contributed by atoms with E-state index < -0.39 is 5.82 Å². The van der Waals surface area contributed by atoms with Crippen LogP contribution in [0, 0.1) is 5.82 Å². The third kappa shape index (κ3) is 2.16. The van der Waals surface area contributed by atoms with Gasteiger partial charge in [-0.2, -0.15) is 0 Å². The summed E-state index contributed by atoms with van der Waals surface area (Å²) in [6, 6.07) is 4.44. The molecule has 2 aromatic rings. The second-order valence-electron chi connectivity index (χ2n) is 4.62. The van der Waals surface area contributed by atoms with Crippen molar-refractivity contribution in [3.63, 3.8) is 0 Å². The van der Waals surface area contributed by atoms with Crippen molar-refractivity contribution in [2.24, 2.45) is 0 Å². The molecule has 0 aliphatic heterocycles. The molecule has 1 aromatic heterocycles. The van der Waals surface area contributed by atoms with Crippen LogP contribution in [0.2, 0.25) is 5.02 Å². The third-order valence-electron chi connectivity index (χ3n) is 3.25. The first-order chi connectivity index (χ1) is 9.22. The summed E-state index contributed by atoms with van der Waals surface area (Å²) in [5, 5.41) is 4.20. The number of aromatic nitrogens is 1. The van der Waals surface area contributed by atoms with Crippen LogP contribution in [0.25, 0.3) is 11.3 Å². The van der Waals surface area contributed by atoms with Crippen molar-refractivity contribution in [2.45, 2.75) is 25.2 Å². The standard InChI is InChI=1S/C14H11ClFNO2/c15-10-2-1-3-11(16)12(10)13-9(6-7-18)14(19-17-13)8-4-5-8/h1-3,7-8H,4-6H2. The topological polar surface area (TPSA) is 43.1 Å². The van der Waals surface area contributed by atoms with E-state index in [-0.39, 0.29) is 17.0 Å². The molecule has 1 saturated carbocycles. The molecule has 0 radical (unpaired) electrons. The maximum absolute atomic E-state index is 13.9. The molecule has 98 valence electrons. The molecule has 0 bridgehead atoms. The molecule has 1 aromatic carbocycles. The Hall–Kier alpha value is -1.68. The lowest BCUT2D eigenvalue weighted by Crippen LogP contribution is -1.95. The Bertz CT molecular complexity index is 614. The SMILES string of the molecule is O=CCc1c(-c2c(F)cccc2Cl)noc1C1CC1. The Morgan fingerprint density at radius 3 is 2.89 bits per heavy atom. The number of halogens is 2. The van der Waals surface area contributed by atoms with Crippen molar-refractivity contribution in [3.8, 4) is 11.3 Å². The van der Waals surface area contributed by atoms with Gasteiger partial charge in [-0.1, -0.05) is 22.8 Å². The number of aldehydes is 1. The molecule has 3 nitrogen and oxygen atoms in total. The van der Waals surface area contributed by atoms with E-state index in [0.29, 0.717) is 22.9 Å². The Morgan fingerprint density at radius 2 is 2.26 bits per heavy atom. The van der Waals surface area contributed by atoms with Crippen LogP contribution >= 0.6 is 11.6 Å². The van der Waals surface area contributed by atoms with Crippen molar-refractivity contribution >= 4 is 17.9 Å². The summed E-state index contributed by atoms with van der Waals surface area (Å²) in [6.45, 7) is 0. The molecule has 5 heteroatoms. The lowest BCUT2D eigenvalue weighted by Gasteiger charge is -2.04. The van der Waals surface area contributed by atoms with Crippen LogP contribution in [0.15, 0.2) is 22.7 Å². The molecule has 0 atom stereocenters. The smallest absolute Gasteiger partial charge is 0.144 e. The highest BCUT2D eigenvalue weighted by Gasteiger charge is 2.33. The van der Waals surface area contributed by atoms with Crippen LogP contribution in [0.1, 0.15) is 30.1 Å². The van der Waals surface area contributed by atoms with Crippen molar-refractivity contribution in [2.75, 3.05) is 0 Å². The van der Waals surface area contributed by atoms with E-state index in [0.717, 1.165) is 19.1 Å². The highest BCUT2D eigenvalue weighted by atomic mass is 35.5. The third-order valence-corrected chi connectivity index (χ3v) is 3.57. The van der Waals surface area contributed by atoms with Crippen molar-refractivity contribution < 1.29 is 13.7 Å². The van der Waals surface area contributed by atoms with Gasteiger partial charge < -0.3 is 9.32 Å². The molecule has 0 saturated heterocycles. The highest BCUT2D eigenvalue weighted by Crippen LogP contribution is 2.45. The van der Waals surface area contributed by atoms with Crippen molar-refractivity contribution in [3.05, 3.63) is 40.4 Å². The zero-order valence-electron chi connectivity index (χ0n) is 10.0. The van der Waals surface area contributed by atoms with Crippen LogP contribution in [0.4, 0.5) is 4.39 Å². The summed E-state index contributed by atoms with van der Waals surface area (Å²) in [5.74, 6) is 0.540. The molecule has 1 fully saturated rings. The predicted molar refractivity (Wildman–Crippen MR) is 68.7 cm³/mol. The number of carbonyl (C=O) groups excluding carboxylic acids is 1. The summed E-state index contributed by atoms with van der Waals surface area (Å²) in [5.41, 5.74) is 1.21. The molecule has 1 aliphatic carbocycles. The van der Waals surface area contributed by atoms with E-state index in [2.05, 4.69) is 5.16 Å². The van der Waals surface area contributed by atoms with Gasteiger partial charge in [0.25, 0.3) is 0 Å². The van der Waals surface area contributed by atoms with Gasteiger partial charge in [0.15, 0.2) is 0 Å². The molecule has 3 rings (SSSR count). The quantitative estimate of drug-likeness (QED) is 0.801. The van der Waals surface area contributed by atoms with Gasteiger partial charge in [-0.15, -0.1) is 0 Å². The second-order valence-corrected chi connectivity index (χ2v) is 5.02. The van der Waals surface area contributed by atoms with Crippen LogP contribution in [-0.4, -0.2) is 11.4 Å². The number of nitrogens with zero attached hydrogens (tertiary/aromatic N) is 1. The zero-order chi connectivity index (χ0) is 13.4. The van der Waals surface area contributed by atoms with Gasteiger partial charge >= 0.3 is 0 Å². The minimum Gasteiger partial charge on any atom is -0.360 e. The first-order valence-corrected chi connectivity index (χ1v) is 6.46. The van der Waals surface area contributed by atoms with Gasteiger partial charge in [0, 0.05) is 17.9 Å². The fraction of sp³-hybridized carbons (Fsp3) is 0.286. The van der Waals surface area contributed by atoms with Crippen LogP contribution in [0.3, 0.4) is 0 Å². The van der Waals surface area contributed by atoms with E-state index in [1.165, 1.54) is 12.1 Å². The largest absolute Gasteiger partial charge is 0.360 e. The minimum atomic E-state index is -0.463. The monoisotopic (exact) mass is 279 g/mol. The molecular formula is C14H11ClFNO2. The summed E-state index contributed by atoms with van der Waals surface area (Å²) in [4.78, 5) is 10.8. The average Bonchev–Trinajstić information content (AvgIpc) is 3.14. The van der Waals surface area contributed by atoms with E-state index in [1.807, 2.05) is 0 Å². The van der Waals surface area contributed by atoms with Gasteiger partial charge in [-0.3, -0.25) is 0 Å². The van der Waals surface area contributed by atoms with E-state index >= 15 is 0 Å². The fourth-order valence-corrected chi connectivity index (χ4v) is 2.44. The second kappa shape index (κ2) is 4.78. The lowest BCUT2D eigenvalue weighted by molar-refractivity contribution is -0.107. The Kier molecular flexibility index (Phi) is 3.11. The number of hydrogen-bond donors (Lipinski definition) is 0. The Morgan fingerprint density at radius 1 is 1.47 bits per heavy atom. The summed E-state index contributed by atoms with van der Waals surface area (Å²) in [7, 11) is 0. The number of carbonyl (C=O) groups is 1. The first-order valence-electron chi connectivity index (χ1n) is 6.08. The number of rotatable bonds is 4. The normalized spacial score (nSPS) is 14.6. The van der Waals surface area contributed by atoms with Crippen LogP contribution in [-0.2, 0) is 11.2 Å². The zero-order valence-corrected chi connectivity index (χ0v) is 10.8. The van der Waals surface area contributed by atoms with Gasteiger partial charge in [0.05, 0.1) is 10.6 Å². The van der Waals surface area contributed by atoms with Gasteiger partial charge in [-0.05, 0) is 25.0 Å². The molecule has 0 amide bonds. The van der Waals surface area contributed by atoms with Crippen LogP contribution in [0.5, 0.6) is 0 Å². The minimum absolute atomic E-state index is 0.162. The Labute approximate surface area is 114 Å². The summed E-state index contributed by atoms with van der Waals surface area (Å²) >= 11 is 6.03. The van der Waals surface area contributed by atoms with E-state index in [1.54, 1.807) is 6.07 Å². The van der Waals surface area contributed by atoms with E-state index in [4.69, 9.17) is 16.1 Å². The summed E-state index contributed by atoms with van der Waals surface area (Å²) < 4.78 is 19.2. The Balaban J connectivity index is 2.16. The maximum Gasteiger partial charge on any atom is 0.144 e. The average molecular weight is 280 g/mol. The maximum atomic E-state index is 13.9. The molecule has 1 heterocycles. The molecule has 0 unspecified atom stereocenters.